The van der Waals surface area contributed by atoms with Gasteiger partial charge in [-0.25, -0.2) is 4.98 Å². The molecular formula is C18H24N4O2. The number of likely N-dealkylation sites (tertiary alicyclic amines) is 1. The third kappa shape index (κ3) is 2.88. The van der Waals surface area contributed by atoms with Crippen molar-refractivity contribution in [3.8, 4) is 0 Å². The maximum atomic E-state index is 12.8. The second-order valence-corrected chi connectivity index (χ2v) is 6.79. The first kappa shape index (κ1) is 16.5. The Morgan fingerprint density at radius 3 is 2.71 bits per heavy atom. The van der Waals surface area contributed by atoms with E-state index in [2.05, 4.69) is 10.3 Å². The van der Waals surface area contributed by atoms with Gasteiger partial charge in [-0.1, -0.05) is 13.8 Å². The Kier molecular flexibility index (Phi) is 4.30. The minimum Gasteiger partial charge on any atom is -0.331 e. The number of carbonyl (C=O) groups excluding carboxylic acids is 2. The number of amides is 2. The summed E-state index contributed by atoms with van der Waals surface area (Å²) >= 11 is 0. The predicted octanol–water partition coefficient (Wildman–Crippen LogP) is 2.47. The van der Waals surface area contributed by atoms with Crippen molar-refractivity contribution in [2.24, 2.45) is 13.0 Å². The molecule has 2 heterocycles. The van der Waals surface area contributed by atoms with E-state index in [1.165, 1.54) is 0 Å². The van der Waals surface area contributed by atoms with E-state index in [-0.39, 0.29) is 17.7 Å². The fourth-order valence-electron chi connectivity index (χ4n) is 3.38. The van der Waals surface area contributed by atoms with Gasteiger partial charge in [0.05, 0.1) is 11.0 Å². The van der Waals surface area contributed by atoms with Gasteiger partial charge in [0.2, 0.25) is 11.8 Å². The summed E-state index contributed by atoms with van der Waals surface area (Å²) in [6, 6.07) is 5.28. The second-order valence-electron chi connectivity index (χ2n) is 6.79. The molecule has 1 aromatic heterocycles. The maximum absolute atomic E-state index is 12.8. The molecule has 0 spiro atoms. The molecule has 0 aliphatic carbocycles. The van der Waals surface area contributed by atoms with Gasteiger partial charge in [-0.15, -0.1) is 0 Å². The zero-order chi connectivity index (χ0) is 17.4. The summed E-state index contributed by atoms with van der Waals surface area (Å²) in [6.45, 7) is 6.56. The smallest absolute Gasteiger partial charge is 0.247 e. The number of hydrogen-bond donors (Lipinski definition) is 1. The minimum atomic E-state index is -0.429. The number of aryl methyl sites for hydroxylation is 2. The van der Waals surface area contributed by atoms with E-state index in [4.69, 9.17) is 0 Å². The van der Waals surface area contributed by atoms with E-state index in [0.717, 1.165) is 23.3 Å². The van der Waals surface area contributed by atoms with Crippen LogP contribution in [-0.4, -0.2) is 38.9 Å². The van der Waals surface area contributed by atoms with Crippen LogP contribution in [0.5, 0.6) is 0 Å². The van der Waals surface area contributed by atoms with Crippen LogP contribution in [0, 0.1) is 12.8 Å². The minimum absolute atomic E-state index is 0.0628. The van der Waals surface area contributed by atoms with Gasteiger partial charge < -0.3 is 14.8 Å². The highest BCUT2D eigenvalue weighted by Crippen LogP contribution is 2.23. The molecule has 1 aliphatic heterocycles. The standard InChI is InChI=1S/C18H24N4O2/c1-11(2)17(22-9-5-6-16(22)23)18(24)20-13-7-8-15-14(10-13)19-12(3)21(15)4/h7-8,10-11,17H,5-6,9H2,1-4H3,(H,20,24)/t17-/m0/s1. The fourth-order valence-corrected chi connectivity index (χ4v) is 3.38. The van der Waals surface area contributed by atoms with E-state index in [1.807, 2.05) is 50.6 Å². The third-order valence-corrected chi connectivity index (χ3v) is 4.72. The normalized spacial score (nSPS) is 16.2. The molecule has 1 aromatic carbocycles. The molecule has 128 valence electrons. The molecular weight excluding hydrogens is 304 g/mol. The molecule has 1 aliphatic rings. The van der Waals surface area contributed by atoms with Crippen LogP contribution in [0.25, 0.3) is 11.0 Å². The number of nitrogens with one attached hydrogen (secondary N) is 1. The lowest BCUT2D eigenvalue weighted by molar-refractivity contribution is -0.136. The molecule has 0 radical (unpaired) electrons. The Balaban J connectivity index is 1.83. The van der Waals surface area contributed by atoms with Gasteiger partial charge in [0, 0.05) is 25.7 Å². The molecule has 2 amide bonds. The Hall–Kier alpha value is -2.37. The molecule has 0 saturated carbocycles. The lowest BCUT2D eigenvalue weighted by Gasteiger charge is -2.29. The van der Waals surface area contributed by atoms with Crippen molar-refractivity contribution < 1.29 is 9.59 Å². The summed E-state index contributed by atoms with van der Waals surface area (Å²) in [5.41, 5.74) is 2.59. The van der Waals surface area contributed by atoms with E-state index in [1.54, 1.807) is 4.90 Å². The number of rotatable bonds is 4. The first-order valence-corrected chi connectivity index (χ1v) is 8.42. The quantitative estimate of drug-likeness (QED) is 0.937. The molecule has 0 unspecified atom stereocenters. The number of hydrogen-bond acceptors (Lipinski definition) is 3. The highest BCUT2D eigenvalue weighted by molar-refractivity contribution is 5.98. The van der Waals surface area contributed by atoms with Gasteiger partial charge in [0.15, 0.2) is 0 Å². The molecule has 3 rings (SSSR count). The van der Waals surface area contributed by atoms with Crippen LogP contribution in [0.2, 0.25) is 0 Å². The summed E-state index contributed by atoms with van der Waals surface area (Å²) < 4.78 is 2.01. The van der Waals surface area contributed by atoms with Gasteiger partial charge >= 0.3 is 0 Å². The molecule has 1 atom stereocenters. The molecule has 1 saturated heterocycles. The molecule has 24 heavy (non-hydrogen) atoms. The van der Waals surface area contributed by atoms with Crippen molar-refractivity contribution in [3.63, 3.8) is 0 Å². The summed E-state index contributed by atoms with van der Waals surface area (Å²) in [6.07, 6.45) is 1.37. The molecule has 2 aromatic rings. The number of carbonyl (C=O) groups is 2. The highest BCUT2D eigenvalue weighted by Gasteiger charge is 2.34. The van der Waals surface area contributed by atoms with Crippen molar-refractivity contribution in [2.45, 2.75) is 39.7 Å². The summed E-state index contributed by atoms with van der Waals surface area (Å²) in [5, 5.41) is 2.96. The zero-order valence-electron chi connectivity index (χ0n) is 14.7. The maximum Gasteiger partial charge on any atom is 0.247 e. The topological polar surface area (TPSA) is 67.2 Å². The number of nitrogens with zero attached hydrogens (tertiary/aromatic N) is 3. The predicted molar refractivity (Wildman–Crippen MR) is 93.7 cm³/mol. The van der Waals surface area contributed by atoms with E-state index in [9.17, 15) is 9.59 Å². The number of benzene rings is 1. The summed E-state index contributed by atoms with van der Waals surface area (Å²) in [7, 11) is 1.97. The molecule has 1 fully saturated rings. The molecule has 1 N–H and O–H groups in total. The fraction of sp³-hybridized carbons (Fsp3) is 0.500. The average molecular weight is 328 g/mol. The highest BCUT2D eigenvalue weighted by atomic mass is 16.2. The SMILES string of the molecule is Cc1nc2cc(NC(=O)[C@H](C(C)C)N3CCCC3=O)ccc2n1C. The van der Waals surface area contributed by atoms with Crippen molar-refractivity contribution in [1.82, 2.24) is 14.5 Å². The first-order chi connectivity index (χ1) is 11.4. The van der Waals surface area contributed by atoms with Crippen LogP contribution in [0.3, 0.4) is 0 Å². The Morgan fingerprint density at radius 2 is 2.08 bits per heavy atom. The zero-order valence-corrected chi connectivity index (χ0v) is 14.7. The van der Waals surface area contributed by atoms with Crippen LogP contribution in [0.4, 0.5) is 5.69 Å². The van der Waals surface area contributed by atoms with Gasteiger partial charge in [0.1, 0.15) is 11.9 Å². The number of imidazole rings is 1. The third-order valence-electron chi connectivity index (χ3n) is 4.72. The van der Waals surface area contributed by atoms with Crippen molar-refractivity contribution in [1.29, 1.82) is 0 Å². The first-order valence-electron chi connectivity index (χ1n) is 8.42. The van der Waals surface area contributed by atoms with Crippen molar-refractivity contribution in [2.75, 3.05) is 11.9 Å². The average Bonchev–Trinajstić information content (AvgIpc) is 3.04. The van der Waals surface area contributed by atoms with Crippen molar-refractivity contribution >= 4 is 28.5 Å². The summed E-state index contributed by atoms with van der Waals surface area (Å²) in [5.74, 6) is 0.927. The Bertz CT molecular complexity index is 794. The van der Waals surface area contributed by atoms with Crippen LogP contribution >= 0.6 is 0 Å². The van der Waals surface area contributed by atoms with Gasteiger partial charge in [0.25, 0.3) is 0 Å². The Labute approximate surface area is 141 Å². The molecule has 6 nitrogen and oxygen atoms in total. The number of fused-ring (bicyclic) bond motifs is 1. The van der Waals surface area contributed by atoms with Gasteiger partial charge in [-0.2, -0.15) is 0 Å². The van der Waals surface area contributed by atoms with Crippen LogP contribution in [0.15, 0.2) is 18.2 Å². The van der Waals surface area contributed by atoms with Crippen molar-refractivity contribution in [3.05, 3.63) is 24.0 Å². The van der Waals surface area contributed by atoms with Gasteiger partial charge in [-0.05, 0) is 37.5 Å². The van der Waals surface area contributed by atoms with E-state index < -0.39 is 6.04 Å². The number of aromatic nitrogens is 2. The van der Waals surface area contributed by atoms with E-state index in [0.29, 0.717) is 18.7 Å². The lowest BCUT2D eigenvalue weighted by Crippen LogP contribution is -2.47. The van der Waals surface area contributed by atoms with Crippen LogP contribution in [-0.2, 0) is 16.6 Å². The summed E-state index contributed by atoms with van der Waals surface area (Å²) in [4.78, 5) is 31.0. The van der Waals surface area contributed by atoms with E-state index >= 15 is 0 Å². The second kappa shape index (κ2) is 6.26. The monoisotopic (exact) mass is 328 g/mol. The van der Waals surface area contributed by atoms with Gasteiger partial charge in [-0.3, -0.25) is 9.59 Å². The largest absolute Gasteiger partial charge is 0.331 e. The lowest BCUT2D eigenvalue weighted by atomic mass is 10.0. The van der Waals surface area contributed by atoms with Crippen LogP contribution < -0.4 is 5.32 Å². The molecule has 0 bridgehead atoms. The number of anilines is 1. The van der Waals surface area contributed by atoms with Crippen LogP contribution in [0.1, 0.15) is 32.5 Å². The molecule has 6 heteroatoms. The Morgan fingerprint density at radius 1 is 1.33 bits per heavy atom.